The maximum absolute atomic E-state index is 12.2. The molecule has 21 heavy (non-hydrogen) atoms. The fraction of sp³-hybridized carbons (Fsp3) is 0.769. The van der Waals surface area contributed by atoms with Crippen molar-refractivity contribution in [2.24, 2.45) is 5.92 Å². The van der Waals surface area contributed by atoms with Crippen molar-refractivity contribution in [2.45, 2.75) is 31.8 Å². The number of hydrogen-bond donors (Lipinski definition) is 2. The number of urea groups is 1. The lowest BCUT2D eigenvalue weighted by Crippen LogP contribution is -2.52. The van der Waals surface area contributed by atoms with E-state index >= 15 is 0 Å². The Morgan fingerprint density at radius 3 is 2.81 bits per heavy atom. The summed E-state index contributed by atoms with van der Waals surface area (Å²) < 4.78 is 10.1. The number of carboxylic acids is 1. The second kappa shape index (κ2) is 6.75. The number of nitrogens with one attached hydrogen (secondary N) is 1. The zero-order valence-corrected chi connectivity index (χ0v) is 11.9. The van der Waals surface area contributed by atoms with Gasteiger partial charge in [0.05, 0.1) is 25.9 Å². The molecule has 2 aliphatic heterocycles. The van der Waals surface area contributed by atoms with E-state index < -0.39 is 36.0 Å². The quantitative estimate of drug-likeness (QED) is 0.698. The van der Waals surface area contributed by atoms with Crippen molar-refractivity contribution in [1.82, 2.24) is 10.2 Å². The standard InChI is InChI=1S/C13H20N2O6/c1-2-21-12(18)10-4-3-5-15(10)13(19)14-9-7-20-6-8(9)11(16)17/h8-10H,2-7H2,1H3,(H,14,19)(H,16,17). The van der Waals surface area contributed by atoms with Crippen LogP contribution in [0, 0.1) is 5.92 Å². The molecule has 0 spiro atoms. The van der Waals surface area contributed by atoms with E-state index in [2.05, 4.69) is 5.32 Å². The monoisotopic (exact) mass is 300 g/mol. The number of esters is 1. The molecule has 0 aromatic heterocycles. The van der Waals surface area contributed by atoms with Crippen molar-refractivity contribution in [2.75, 3.05) is 26.4 Å². The largest absolute Gasteiger partial charge is 0.481 e. The fourth-order valence-electron chi connectivity index (χ4n) is 2.67. The molecule has 2 rings (SSSR count). The van der Waals surface area contributed by atoms with Crippen LogP contribution < -0.4 is 5.32 Å². The summed E-state index contributed by atoms with van der Waals surface area (Å²) in [4.78, 5) is 36.5. The lowest BCUT2D eigenvalue weighted by molar-refractivity contribution is -0.147. The molecule has 0 bridgehead atoms. The van der Waals surface area contributed by atoms with Gasteiger partial charge in [0.1, 0.15) is 12.0 Å². The van der Waals surface area contributed by atoms with Crippen LogP contribution in [0.5, 0.6) is 0 Å². The molecule has 2 heterocycles. The topological polar surface area (TPSA) is 105 Å². The molecular formula is C13H20N2O6. The number of hydrogen-bond acceptors (Lipinski definition) is 5. The van der Waals surface area contributed by atoms with E-state index in [1.807, 2.05) is 0 Å². The summed E-state index contributed by atoms with van der Waals surface area (Å²) in [6.07, 6.45) is 1.29. The van der Waals surface area contributed by atoms with Crippen molar-refractivity contribution in [3.8, 4) is 0 Å². The van der Waals surface area contributed by atoms with Crippen molar-refractivity contribution >= 4 is 18.0 Å². The summed E-state index contributed by atoms with van der Waals surface area (Å²) in [5.41, 5.74) is 0. The summed E-state index contributed by atoms with van der Waals surface area (Å²) in [5, 5.41) is 11.7. The molecule has 0 aromatic carbocycles. The Morgan fingerprint density at radius 2 is 2.14 bits per heavy atom. The third-order valence-electron chi connectivity index (χ3n) is 3.78. The second-order valence-electron chi connectivity index (χ2n) is 5.14. The molecule has 2 aliphatic rings. The van der Waals surface area contributed by atoms with Crippen molar-refractivity contribution in [3.05, 3.63) is 0 Å². The van der Waals surface area contributed by atoms with Gasteiger partial charge in [-0.1, -0.05) is 0 Å². The van der Waals surface area contributed by atoms with Gasteiger partial charge in [-0.05, 0) is 19.8 Å². The van der Waals surface area contributed by atoms with Crippen LogP contribution in [0.1, 0.15) is 19.8 Å². The van der Waals surface area contributed by atoms with Crippen LogP contribution >= 0.6 is 0 Å². The summed E-state index contributed by atoms with van der Waals surface area (Å²) in [7, 11) is 0. The van der Waals surface area contributed by atoms with Gasteiger partial charge < -0.3 is 24.8 Å². The van der Waals surface area contributed by atoms with Crippen LogP contribution in [0.25, 0.3) is 0 Å². The molecular weight excluding hydrogens is 280 g/mol. The van der Waals surface area contributed by atoms with E-state index in [-0.39, 0.29) is 19.8 Å². The van der Waals surface area contributed by atoms with Gasteiger partial charge in [-0.2, -0.15) is 0 Å². The number of ether oxygens (including phenoxy) is 2. The Bertz CT molecular complexity index is 427. The number of carbonyl (C=O) groups excluding carboxylic acids is 2. The molecule has 0 aromatic rings. The first kappa shape index (κ1) is 15.6. The Balaban J connectivity index is 1.96. The zero-order valence-electron chi connectivity index (χ0n) is 11.9. The smallest absolute Gasteiger partial charge is 0.328 e. The maximum atomic E-state index is 12.2. The average Bonchev–Trinajstić information content (AvgIpc) is 3.07. The first-order valence-electron chi connectivity index (χ1n) is 7.09. The maximum Gasteiger partial charge on any atom is 0.328 e. The van der Waals surface area contributed by atoms with Gasteiger partial charge in [0.25, 0.3) is 0 Å². The van der Waals surface area contributed by atoms with Gasteiger partial charge in [-0.25, -0.2) is 9.59 Å². The van der Waals surface area contributed by atoms with Gasteiger partial charge in [-0.15, -0.1) is 0 Å². The lowest BCUT2D eigenvalue weighted by Gasteiger charge is -2.26. The minimum absolute atomic E-state index is 0.0849. The molecule has 2 fully saturated rings. The number of carbonyl (C=O) groups is 3. The van der Waals surface area contributed by atoms with E-state index in [1.165, 1.54) is 4.90 Å². The molecule has 2 amide bonds. The predicted molar refractivity (Wildman–Crippen MR) is 70.6 cm³/mol. The molecule has 2 N–H and O–H groups in total. The number of nitrogens with zero attached hydrogens (tertiary/aromatic N) is 1. The molecule has 118 valence electrons. The highest BCUT2D eigenvalue weighted by molar-refractivity contribution is 5.85. The van der Waals surface area contributed by atoms with Crippen LogP contribution in [-0.2, 0) is 19.1 Å². The van der Waals surface area contributed by atoms with Crippen molar-refractivity contribution in [3.63, 3.8) is 0 Å². The summed E-state index contributed by atoms with van der Waals surface area (Å²) in [6, 6.07) is -1.60. The van der Waals surface area contributed by atoms with Crippen LogP contribution in [0.15, 0.2) is 0 Å². The SMILES string of the molecule is CCOC(=O)C1CCCN1C(=O)NC1COCC1C(=O)O. The molecule has 8 nitrogen and oxygen atoms in total. The lowest BCUT2D eigenvalue weighted by atomic mass is 10.0. The molecule has 0 radical (unpaired) electrons. The third-order valence-corrected chi connectivity index (χ3v) is 3.78. The van der Waals surface area contributed by atoms with Crippen LogP contribution in [0.4, 0.5) is 4.79 Å². The van der Waals surface area contributed by atoms with Gasteiger partial charge >= 0.3 is 18.0 Å². The highest BCUT2D eigenvalue weighted by atomic mass is 16.5. The Labute approximate surface area is 122 Å². The van der Waals surface area contributed by atoms with Gasteiger partial charge in [0.15, 0.2) is 0 Å². The van der Waals surface area contributed by atoms with Gasteiger partial charge in [-0.3, -0.25) is 4.79 Å². The van der Waals surface area contributed by atoms with E-state index in [9.17, 15) is 14.4 Å². The summed E-state index contributed by atoms with van der Waals surface area (Å²) in [5.74, 6) is -2.17. The Kier molecular flexibility index (Phi) is 5.00. The molecule has 8 heteroatoms. The summed E-state index contributed by atoms with van der Waals surface area (Å²) >= 11 is 0. The van der Waals surface area contributed by atoms with E-state index in [0.717, 1.165) is 6.42 Å². The fourth-order valence-corrected chi connectivity index (χ4v) is 2.67. The first-order chi connectivity index (χ1) is 10.0. The third kappa shape index (κ3) is 3.44. The normalized spacial score (nSPS) is 28.4. The Morgan fingerprint density at radius 1 is 1.38 bits per heavy atom. The highest BCUT2D eigenvalue weighted by Crippen LogP contribution is 2.20. The van der Waals surface area contributed by atoms with Gasteiger partial charge in [0, 0.05) is 6.54 Å². The second-order valence-corrected chi connectivity index (χ2v) is 5.14. The molecule has 3 atom stereocenters. The number of amides is 2. The van der Waals surface area contributed by atoms with Crippen LogP contribution in [-0.4, -0.2) is 66.4 Å². The zero-order chi connectivity index (χ0) is 15.4. The molecule has 3 unspecified atom stereocenters. The van der Waals surface area contributed by atoms with Crippen LogP contribution in [0.3, 0.4) is 0 Å². The number of aliphatic carboxylic acids is 1. The predicted octanol–water partition coefficient (Wildman–Crippen LogP) is -0.177. The minimum atomic E-state index is -0.999. The van der Waals surface area contributed by atoms with E-state index in [0.29, 0.717) is 13.0 Å². The molecule has 2 saturated heterocycles. The molecule has 0 saturated carbocycles. The number of rotatable bonds is 4. The van der Waals surface area contributed by atoms with E-state index in [1.54, 1.807) is 6.92 Å². The minimum Gasteiger partial charge on any atom is -0.481 e. The van der Waals surface area contributed by atoms with Crippen molar-refractivity contribution in [1.29, 1.82) is 0 Å². The van der Waals surface area contributed by atoms with Crippen LogP contribution in [0.2, 0.25) is 0 Å². The number of carboxylic acid groups (broad SMARTS) is 1. The Hall–Kier alpha value is -1.83. The number of likely N-dealkylation sites (tertiary alicyclic amines) is 1. The van der Waals surface area contributed by atoms with E-state index in [4.69, 9.17) is 14.6 Å². The summed E-state index contributed by atoms with van der Waals surface area (Å²) in [6.45, 7) is 2.69. The van der Waals surface area contributed by atoms with Crippen molar-refractivity contribution < 1.29 is 29.0 Å². The average molecular weight is 300 g/mol. The first-order valence-corrected chi connectivity index (χ1v) is 7.09. The highest BCUT2D eigenvalue weighted by Gasteiger charge is 2.39. The van der Waals surface area contributed by atoms with Gasteiger partial charge in [0.2, 0.25) is 0 Å². The molecule has 0 aliphatic carbocycles.